The summed E-state index contributed by atoms with van der Waals surface area (Å²) in [6.45, 7) is 4.03. The highest BCUT2D eigenvalue weighted by Crippen LogP contribution is 2.37. The van der Waals surface area contributed by atoms with Crippen LogP contribution in [0.1, 0.15) is 29.3 Å². The first kappa shape index (κ1) is 27.6. The quantitative estimate of drug-likeness (QED) is 0.255. The summed E-state index contributed by atoms with van der Waals surface area (Å²) >= 11 is 1.39. The largest absolute Gasteiger partial charge is 0.494 e. The third kappa shape index (κ3) is 6.00. The van der Waals surface area contributed by atoms with Gasteiger partial charge in [0.1, 0.15) is 28.8 Å². The number of methoxy groups -OCH3 is 3. The minimum atomic E-state index is -3.77. The van der Waals surface area contributed by atoms with Crippen molar-refractivity contribution in [3.05, 3.63) is 58.9 Å². The van der Waals surface area contributed by atoms with Crippen LogP contribution in [0.15, 0.2) is 36.0 Å². The molecule has 0 aliphatic carbocycles. The lowest BCUT2D eigenvalue weighted by Crippen LogP contribution is -2.28. The molecule has 0 bridgehead atoms. The highest BCUT2D eigenvalue weighted by Gasteiger charge is 2.32. The summed E-state index contributed by atoms with van der Waals surface area (Å²) in [6.07, 6.45) is 3.78. The normalized spacial score (nSPS) is 12.4. The molecular formula is C25H30N6O5S2. The predicted octanol–water partition coefficient (Wildman–Crippen LogP) is 3.38. The smallest absolute Gasteiger partial charge is 0.197 e. The van der Waals surface area contributed by atoms with Gasteiger partial charge in [-0.15, -0.1) is 21.5 Å². The van der Waals surface area contributed by atoms with E-state index in [9.17, 15) is 8.42 Å². The standard InChI is InChI=1S/C25H30N6O5S2/c1-16-12-26-21(27-13-16)11-18(9-10-34-3)38(32,33)15-22-29-30-24(25-28-17(2)14-37-25)31(22)23-19(35-4)7-6-8-20(23)36-5/h6-8,12-14,18H,9-11,15H2,1-5H3/t18-/m0/s1. The molecule has 0 radical (unpaired) electrons. The van der Waals surface area contributed by atoms with E-state index in [0.29, 0.717) is 33.8 Å². The van der Waals surface area contributed by atoms with Gasteiger partial charge in [-0.3, -0.25) is 4.57 Å². The van der Waals surface area contributed by atoms with E-state index in [1.54, 1.807) is 42.3 Å². The fourth-order valence-corrected chi connectivity index (χ4v) is 6.39. The van der Waals surface area contributed by atoms with Crippen molar-refractivity contribution in [3.63, 3.8) is 0 Å². The van der Waals surface area contributed by atoms with Crippen LogP contribution in [0.3, 0.4) is 0 Å². The molecular weight excluding hydrogens is 528 g/mol. The lowest BCUT2D eigenvalue weighted by atomic mass is 10.2. The summed E-state index contributed by atoms with van der Waals surface area (Å²) in [5.74, 6) is 1.62. The zero-order valence-electron chi connectivity index (χ0n) is 21.9. The minimum absolute atomic E-state index is 0.149. The molecule has 0 aliphatic heterocycles. The fraction of sp³-hybridized carbons (Fsp3) is 0.400. The number of hydrogen-bond donors (Lipinski definition) is 0. The third-order valence-corrected chi connectivity index (χ3v) is 8.93. The molecule has 38 heavy (non-hydrogen) atoms. The first-order chi connectivity index (χ1) is 18.3. The van der Waals surface area contributed by atoms with Crippen molar-refractivity contribution < 1.29 is 22.6 Å². The highest BCUT2D eigenvalue weighted by molar-refractivity contribution is 7.91. The van der Waals surface area contributed by atoms with Crippen molar-refractivity contribution in [1.82, 2.24) is 29.7 Å². The molecule has 1 atom stereocenters. The molecule has 0 unspecified atom stereocenters. The fourth-order valence-electron chi connectivity index (χ4n) is 3.98. The van der Waals surface area contributed by atoms with Gasteiger partial charge in [-0.1, -0.05) is 6.07 Å². The Hall–Kier alpha value is -3.42. The van der Waals surface area contributed by atoms with E-state index in [2.05, 4.69) is 25.1 Å². The topological polar surface area (TPSA) is 131 Å². The van der Waals surface area contributed by atoms with E-state index < -0.39 is 15.1 Å². The van der Waals surface area contributed by atoms with Gasteiger partial charge in [0.05, 0.1) is 19.5 Å². The van der Waals surface area contributed by atoms with E-state index in [1.165, 1.54) is 25.6 Å². The van der Waals surface area contributed by atoms with E-state index >= 15 is 0 Å². The molecule has 202 valence electrons. The molecule has 13 heteroatoms. The lowest BCUT2D eigenvalue weighted by Gasteiger charge is -2.19. The van der Waals surface area contributed by atoms with Gasteiger partial charge in [0.15, 0.2) is 26.5 Å². The number of thiazole rings is 1. The van der Waals surface area contributed by atoms with Crippen molar-refractivity contribution >= 4 is 21.2 Å². The Labute approximate surface area is 225 Å². The molecule has 0 spiro atoms. The van der Waals surface area contributed by atoms with Crippen molar-refractivity contribution in [2.24, 2.45) is 0 Å². The maximum absolute atomic E-state index is 13.9. The van der Waals surface area contributed by atoms with Crippen molar-refractivity contribution in [2.45, 2.75) is 37.7 Å². The number of para-hydroxylation sites is 1. The summed E-state index contributed by atoms with van der Waals surface area (Å²) in [4.78, 5) is 13.2. The predicted molar refractivity (Wildman–Crippen MR) is 144 cm³/mol. The molecule has 3 heterocycles. The maximum atomic E-state index is 13.9. The molecule has 0 N–H and O–H groups in total. The van der Waals surface area contributed by atoms with Crippen LogP contribution in [-0.4, -0.2) is 71.3 Å². The van der Waals surface area contributed by atoms with Crippen LogP contribution in [0.4, 0.5) is 0 Å². The second-order valence-electron chi connectivity index (χ2n) is 8.67. The maximum Gasteiger partial charge on any atom is 0.197 e. The van der Waals surface area contributed by atoms with Crippen LogP contribution >= 0.6 is 11.3 Å². The number of sulfone groups is 1. The van der Waals surface area contributed by atoms with Gasteiger partial charge in [-0.05, 0) is 38.0 Å². The van der Waals surface area contributed by atoms with Gasteiger partial charge in [-0.25, -0.2) is 23.4 Å². The zero-order chi connectivity index (χ0) is 27.3. The Bertz CT molecular complexity index is 1460. The number of rotatable bonds is 12. The Morgan fingerprint density at radius 1 is 1.03 bits per heavy atom. The van der Waals surface area contributed by atoms with Crippen LogP contribution in [0.5, 0.6) is 11.5 Å². The van der Waals surface area contributed by atoms with Gasteiger partial charge in [0.2, 0.25) is 0 Å². The highest BCUT2D eigenvalue weighted by atomic mass is 32.2. The molecule has 1 aromatic carbocycles. The molecule has 0 fully saturated rings. The van der Waals surface area contributed by atoms with Gasteiger partial charge < -0.3 is 14.2 Å². The van der Waals surface area contributed by atoms with Crippen LogP contribution in [-0.2, 0) is 26.7 Å². The summed E-state index contributed by atoms with van der Waals surface area (Å²) in [6, 6.07) is 5.32. The molecule has 4 rings (SSSR count). The average Bonchev–Trinajstić information content (AvgIpc) is 3.52. The molecule has 0 saturated heterocycles. The number of ether oxygens (including phenoxy) is 3. The van der Waals surface area contributed by atoms with Gasteiger partial charge in [-0.2, -0.15) is 0 Å². The number of aromatic nitrogens is 6. The summed E-state index contributed by atoms with van der Waals surface area (Å²) in [5.41, 5.74) is 2.21. The summed E-state index contributed by atoms with van der Waals surface area (Å²) < 4.78 is 45.8. The van der Waals surface area contributed by atoms with E-state index in [0.717, 1.165) is 11.3 Å². The van der Waals surface area contributed by atoms with Gasteiger partial charge >= 0.3 is 0 Å². The molecule has 4 aromatic rings. The number of aryl methyl sites for hydroxylation is 2. The molecule has 0 saturated carbocycles. The van der Waals surface area contributed by atoms with Crippen molar-refractivity contribution in [1.29, 1.82) is 0 Å². The molecule has 0 amide bonds. The van der Waals surface area contributed by atoms with E-state index in [-0.39, 0.29) is 31.0 Å². The number of nitrogens with zero attached hydrogens (tertiary/aromatic N) is 6. The lowest BCUT2D eigenvalue weighted by molar-refractivity contribution is 0.193. The van der Waals surface area contributed by atoms with Gasteiger partial charge in [0.25, 0.3) is 0 Å². The first-order valence-electron chi connectivity index (χ1n) is 11.8. The Kier molecular flexibility index (Phi) is 8.69. The van der Waals surface area contributed by atoms with Crippen LogP contribution in [0, 0.1) is 13.8 Å². The van der Waals surface area contributed by atoms with E-state index in [1.807, 2.05) is 19.2 Å². The van der Waals surface area contributed by atoms with Gasteiger partial charge in [0, 0.05) is 43.6 Å². The van der Waals surface area contributed by atoms with Crippen LogP contribution in [0.2, 0.25) is 0 Å². The average molecular weight is 559 g/mol. The summed E-state index contributed by atoms with van der Waals surface area (Å²) in [7, 11) is 0.842. The molecule has 3 aromatic heterocycles. The van der Waals surface area contributed by atoms with Crippen LogP contribution < -0.4 is 9.47 Å². The molecule has 11 nitrogen and oxygen atoms in total. The Morgan fingerprint density at radius 3 is 2.29 bits per heavy atom. The number of benzene rings is 1. The Balaban J connectivity index is 1.81. The molecule has 0 aliphatic rings. The number of hydrogen-bond acceptors (Lipinski definition) is 11. The summed E-state index contributed by atoms with van der Waals surface area (Å²) in [5, 5.41) is 10.4. The second-order valence-corrected chi connectivity index (χ2v) is 11.8. The van der Waals surface area contributed by atoms with Crippen LogP contribution in [0.25, 0.3) is 16.5 Å². The SMILES string of the molecule is COCC[C@@H](Cc1ncc(C)cn1)S(=O)(=O)Cc1nnc(-c2nc(C)cs2)n1-c1c(OC)cccc1OC. The van der Waals surface area contributed by atoms with E-state index in [4.69, 9.17) is 14.2 Å². The second kappa shape index (κ2) is 12.0. The Morgan fingerprint density at radius 2 is 1.71 bits per heavy atom. The van der Waals surface area contributed by atoms with Crippen molar-refractivity contribution in [3.8, 4) is 28.0 Å². The van der Waals surface area contributed by atoms with Crippen molar-refractivity contribution in [2.75, 3.05) is 27.9 Å². The monoisotopic (exact) mass is 558 g/mol. The third-order valence-electron chi connectivity index (χ3n) is 5.89. The first-order valence-corrected chi connectivity index (χ1v) is 14.4. The zero-order valence-corrected chi connectivity index (χ0v) is 23.5. The minimum Gasteiger partial charge on any atom is -0.494 e.